The molecule has 0 bridgehead atoms. The van der Waals surface area contributed by atoms with Gasteiger partial charge in [-0.25, -0.2) is 4.79 Å². The highest BCUT2D eigenvalue weighted by atomic mass is 32.1. The normalized spacial score (nSPS) is 15.3. The largest absolute Gasteiger partial charge is 0.383 e. The van der Waals surface area contributed by atoms with Gasteiger partial charge in [-0.15, -0.1) is 11.3 Å². The smallest absolute Gasteiger partial charge is 0.321 e. The van der Waals surface area contributed by atoms with Crippen molar-refractivity contribution < 1.29 is 19.1 Å². The molecule has 150 valence electrons. The number of imide groups is 1. The monoisotopic (exact) mass is 397 g/mol. The molecule has 1 saturated heterocycles. The molecule has 2 rings (SSSR count). The second-order valence-electron chi connectivity index (χ2n) is 6.21. The third-order valence-corrected chi connectivity index (χ3v) is 4.96. The lowest BCUT2D eigenvalue weighted by Crippen LogP contribution is -2.52. The summed E-state index contributed by atoms with van der Waals surface area (Å²) in [7, 11) is 1.59. The number of nitrogens with zero attached hydrogens (tertiary/aromatic N) is 2. The van der Waals surface area contributed by atoms with Crippen molar-refractivity contribution in [1.82, 2.24) is 25.8 Å². The van der Waals surface area contributed by atoms with Crippen molar-refractivity contribution >= 4 is 29.2 Å². The third-order valence-electron chi connectivity index (χ3n) is 4.08. The number of hydrogen-bond acceptors (Lipinski definition) is 7. The SMILES string of the molecule is COCCNC(=O)CN1CCN(CC(=O)NC(=O)NCc2cccs2)CC1. The van der Waals surface area contributed by atoms with Gasteiger partial charge in [0.25, 0.3) is 0 Å². The van der Waals surface area contributed by atoms with Crippen molar-refractivity contribution in [3.63, 3.8) is 0 Å². The lowest BCUT2D eigenvalue weighted by atomic mass is 10.3. The Morgan fingerprint density at radius 1 is 1.07 bits per heavy atom. The van der Waals surface area contributed by atoms with Crippen molar-refractivity contribution in [3.05, 3.63) is 22.4 Å². The van der Waals surface area contributed by atoms with Crippen molar-refractivity contribution in [2.75, 3.05) is 59.5 Å². The number of carbonyl (C=O) groups is 3. The molecule has 0 aromatic carbocycles. The van der Waals surface area contributed by atoms with Gasteiger partial charge in [0.15, 0.2) is 0 Å². The molecule has 0 unspecified atom stereocenters. The van der Waals surface area contributed by atoms with Crippen LogP contribution in [0.2, 0.25) is 0 Å². The average molecular weight is 398 g/mol. The van der Waals surface area contributed by atoms with Crippen LogP contribution in [0.25, 0.3) is 0 Å². The lowest BCUT2D eigenvalue weighted by Gasteiger charge is -2.33. The molecule has 1 aromatic rings. The predicted molar refractivity (Wildman–Crippen MR) is 102 cm³/mol. The third kappa shape index (κ3) is 8.48. The minimum absolute atomic E-state index is 0.0272. The average Bonchev–Trinajstić information content (AvgIpc) is 3.15. The van der Waals surface area contributed by atoms with Gasteiger partial charge in [-0.1, -0.05) is 6.07 Å². The molecule has 1 aromatic heterocycles. The van der Waals surface area contributed by atoms with Gasteiger partial charge >= 0.3 is 6.03 Å². The van der Waals surface area contributed by atoms with E-state index in [2.05, 4.69) is 16.0 Å². The first-order valence-corrected chi connectivity index (χ1v) is 9.75. The minimum Gasteiger partial charge on any atom is -0.383 e. The summed E-state index contributed by atoms with van der Waals surface area (Å²) in [4.78, 5) is 40.6. The van der Waals surface area contributed by atoms with Gasteiger partial charge in [0.05, 0.1) is 26.2 Å². The first-order chi connectivity index (χ1) is 13.1. The van der Waals surface area contributed by atoms with E-state index in [4.69, 9.17) is 4.74 Å². The highest BCUT2D eigenvalue weighted by molar-refractivity contribution is 7.09. The Hall–Kier alpha value is -2.01. The van der Waals surface area contributed by atoms with Gasteiger partial charge < -0.3 is 15.4 Å². The molecule has 0 radical (unpaired) electrons. The summed E-state index contributed by atoms with van der Waals surface area (Å²) < 4.78 is 4.89. The summed E-state index contributed by atoms with van der Waals surface area (Å²) in [5.74, 6) is -0.356. The van der Waals surface area contributed by atoms with Crippen LogP contribution in [-0.4, -0.2) is 87.2 Å². The molecule has 27 heavy (non-hydrogen) atoms. The van der Waals surface area contributed by atoms with Gasteiger partial charge in [-0.3, -0.25) is 24.7 Å². The predicted octanol–water partition coefficient (Wildman–Crippen LogP) is -0.546. The Morgan fingerprint density at radius 3 is 2.33 bits per heavy atom. The molecule has 9 nitrogen and oxygen atoms in total. The maximum absolute atomic E-state index is 12.0. The molecule has 0 atom stereocenters. The van der Waals surface area contributed by atoms with Crippen LogP contribution in [0.1, 0.15) is 4.88 Å². The van der Waals surface area contributed by atoms with E-state index in [1.807, 2.05) is 27.3 Å². The Balaban J connectivity index is 1.58. The quantitative estimate of drug-likeness (QED) is 0.484. The Kier molecular flexibility index (Phi) is 9.19. The zero-order valence-electron chi connectivity index (χ0n) is 15.5. The topological polar surface area (TPSA) is 103 Å². The van der Waals surface area contributed by atoms with E-state index in [0.717, 1.165) is 4.88 Å². The Bertz CT molecular complexity index is 602. The first kappa shape index (κ1) is 21.3. The molecule has 1 aliphatic rings. The fourth-order valence-corrected chi connectivity index (χ4v) is 3.30. The van der Waals surface area contributed by atoms with E-state index in [1.54, 1.807) is 18.4 Å². The van der Waals surface area contributed by atoms with Crippen LogP contribution in [0, 0.1) is 0 Å². The fraction of sp³-hybridized carbons (Fsp3) is 0.588. The van der Waals surface area contributed by atoms with Gasteiger partial charge in [-0.2, -0.15) is 0 Å². The maximum atomic E-state index is 12.0. The molecular formula is C17H27N5O4S. The van der Waals surface area contributed by atoms with Gasteiger partial charge in [0.1, 0.15) is 0 Å². The van der Waals surface area contributed by atoms with Gasteiger partial charge in [-0.05, 0) is 11.4 Å². The molecule has 10 heteroatoms. The standard InChI is InChI=1S/C17H27N5O4S/c1-26-9-4-18-15(23)12-21-5-7-22(8-6-21)13-16(24)20-17(25)19-11-14-3-2-10-27-14/h2-3,10H,4-9,11-13H2,1H3,(H,18,23)(H2,19,20,24,25). The summed E-state index contributed by atoms with van der Waals surface area (Å²) in [6.45, 7) is 4.67. The number of ether oxygens (including phenoxy) is 1. The number of hydrogen-bond donors (Lipinski definition) is 3. The number of rotatable bonds is 9. The second-order valence-corrected chi connectivity index (χ2v) is 7.24. The molecule has 0 spiro atoms. The summed E-state index contributed by atoms with van der Waals surface area (Å²) >= 11 is 1.55. The summed E-state index contributed by atoms with van der Waals surface area (Å²) in [6, 6.07) is 3.34. The molecule has 0 aliphatic carbocycles. The van der Waals surface area contributed by atoms with Crippen LogP contribution in [0.4, 0.5) is 4.79 Å². The first-order valence-electron chi connectivity index (χ1n) is 8.87. The van der Waals surface area contributed by atoms with E-state index in [-0.39, 0.29) is 18.4 Å². The highest BCUT2D eigenvalue weighted by Gasteiger charge is 2.21. The molecule has 0 saturated carbocycles. The van der Waals surface area contributed by atoms with Gasteiger partial charge in [0.2, 0.25) is 11.8 Å². The molecule has 4 amide bonds. The zero-order chi connectivity index (χ0) is 19.5. The molecule has 2 heterocycles. The summed E-state index contributed by atoms with van der Waals surface area (Å²) in [6.07, 6.45) is 0. The Morgan fingerprint density at radius 2 is 1.74 bits per heavy atom. The van der Waals surface area contributed by atoms with Crippen LogP contribution in [0.15, 0.2) is 17.5 Å². The van der Waals surface area contributed by atoms with Crippen molar-refractivity contribution in [2.24, 2.45) is 0 Å². The van der Waals surface area contributed by atoms with Crippen LogP contribution < -0.4 is 16.0 Å². The minimum atomic E-state index is -0.486. The number of carbonyl (C=O) groups excluding carboxylic acids is 3. The number of urea groups is 1. The van der Waals surface area contributed by atoms with Crippen LogP contribution in [0.5, 0.6) is 0 Å². The maximum Gasteiger partial charge on any atom is 0.321 e. The van der Waals surface area contributed by atoms with Crippen LogP contribution in [-0.2, 0) is 20.9 Å². The highest BCUT2D eigenvalue weighted by Crippen LogP contribution is 2.07. The number of amides is 4. The lowest BCUT2D eigenvalue weighted by molar-refractivity contribution is -0.124. The molecule has 3 N–H and O–H groups in total. The summed E-state index contributed by atoms with van der Waals surface area (Å²) in [5.41, 5.74) is 0. The van der Waals surface area contributed by atoms with E-state index in [1.165, 1.54) is 0 Å². The Labute approximate surface area is 163 Å². The second kappa shape index (κ2) is 11.7. The van der Waals surface area contributed by atoms with Gasteiger partial charge in [0, 0.05) is 44.7 Å². The van der Waals surface area contributed by atoms with Crippen LogP contribution >= 0.6 is 11.3 Å². The summed E-state index contributed by atoms with van der Waals surface area (Å²) in [5, 5.41) is 9.73. The van der Waals surface area contributed by atoms with Crippen molar-refractivity contribution in [3.8, 4) is 0 Å². The van der Waals surface area contributed by atoms with Crippen molar-refractivity contribution in [1.29, 1.82) is 0 Å². The van der Waals surface area contributed by atoms with E-state index >= 15 is 0 Å². The number of thiophene rings is 1. The van der Waals surface area contributed by atoms with E-state index in [9.17, 15) is 14.4 Å². The number of piperazine rings is 1. The fourth-order valence-electron chi connectivity index (χ4n) is 2.65. The van der Waals surface area contributed by atoms with E-state index in [0.29, 0.717) is 52.4 Å². The number of methoxy groups -OCH3 is 1. The molecule has 1 aliphatic heterocycles. The molecular weight excluding hydrogens is 370 g/mol. The van der Waals surface area contributed by atoms with E-state index < -0.39 is 6.03 Å². The zero-order valence-corrected chi connectivity index (χ0v) is 16.3. The van der Waals surface area contributed by atoms with Crippen LogP contribution in [0.3, 0.4) is 0 Å². The van der Waals surface area contributed by atoms with Crippen molar-refractivity contribution in [2.45, 2.75) is 6.54 Å². The number of nitrogens with one attached hydrogen (secondary N) is 3. The molecule has 1 fully saturated rings.